The molecular formula is C16H18Cl2F3N3O. The first-order valence-electron chi connectivity index (χ1n) is 7.05. The van der Waals surface area contributed by atoms with Crippen molar-refractivity contribution in [3.63, 3.8) is 0 Å². The summed E-state index contributed by atoms with van der Waals surface area (Å²) >= 11 is 0. The van der Waals surface area contributed by atoms with E-state index in [1.165, 1.54) is 0 Å². The molecule has 2 N–H and O–H groups in total. The van der Waals surface area contributed by atoms with Gasteiger partial charge in [0.25, 0.3) is 5.91 Å². The summed E-state index contributed by atoms with van der Waals surface area (Å²) in [5.41, 5.74) is 0.541. The van der Waals surface area contributed by atoms with E-state index in [9.17, 15) is 18.0 Å². The lowest BCUT2D eigenvalue weighted by Gasteiger charge is -2.12. The normalized spacial score (nSPS) is 10.4. The molecule has 0 atom stereocenters. The number of pyridine rings is 1. The van der Waals surface area contributed by atoms with Crippen molar-refractivity contribution in [2.24, 2.45) is 0 Å². The number of hydrogen-bond donors (Lipinski definition) is 2. The summed E-state index contributed by atoms with van der Waals surface area (Å²) in [7, 11) is 0. The first-order chi connectivity index (χ1) is 10.9. The van der Waals surface area contributed by atoms with Crippen LogP contribution in [-0.2, 0) is 12.7 Å². The van der Waals surface area contributed by atoms with Crippen molar-refractivity contribution in [1.29, 1.82) is 0 Å². The van der Waals surface area contributed by atoms with E-state index in [2.05, 4.69) is 15.6 Å². The number of carbonyl (C=O) groups excluding carboxylic acids is 1. The number of hydrogen-bond acceptors (Lipinski definition) is 3. The van der Waals surface area contributed by atoms with E-state index < -0.39 is 17.8 Å². The van der Waals surface area contributed by atoms with Crippen molar-refractivity contribution < 1.29 is 18.0 Å². The van der Waals surface area contributed by atoms with Crippen molar-refractivity contribution in [3.05, 3.63) is 59.4 Å². The molecule has 0 bridgehead atoms. The van der Waals surface area contributed by atoms with Gasteiger partial charge in [-0.3, -0.25) is 9.78 Å². The van der Waals surface area contributed by atoms with Crippen LogP contribution >= 0.6 is 24.8 Å². The molecule has 0 aliphatic rings. The predicted octanol–water partition coefficient (Wildman–Crippen LogP) is 4.31. The van der Waals surface area contributed by atoms with E-state index >= 15 is 0 Å². The molecule has 0 saturated heterocycles. The third-order valence-electron chi connectivity index (χ3n) is 3.15. The van der Waals surface area contributed by atoms with Gasteiger partial charge >= 0.3 is 6.18 Å². The van der Waals surface area contributed by atoms with Crippen LogP contribution in [0.5, 0.6) is 0 Å². The highest BCUT2D eigenvalue weighted by Gasteiger charge is 2.32. The van der Waals surface area contributed by atoms with Crippen molar-refractivity contribution in [3.8, 4) is 0 Å². The van der Waals surface area contributed by atoms with Crippen molar-refractivity contribution in [1.82, 2.24) is 10.3 Å². The zero-order valence-electron chi connectivity index (χ0n) is 13.3. The lowest BCUT2D eigenvalue weighted by Crippen LogP contribution is -2.17. The molecule has 1 aromatic carbocycles. The standard InChI is InChI=1S/C16H16F3N3O.2ClH/c1-2-20-9-11-5-3-4-6-13(11)22-15(23)12-7-8-14(21-10-12)16(17,18)19;;/h3-8,10,20H,2,9H2,1H3,(H,22,23);2*1H. The lowest BCUT2D eigenvalue weighted by molar-refractivity contribution is -0.141. The fraction of sp³-hybridized carbons (Fsp3) is 0.250. The Balaban J connectivity index is 0.00000288. The highest BCUT2D eigenvalue weighted by Crippen LogP contribution is 2.27. The van der Waals surface area contributed by atoms with Gasteiger partial charge in [-0.15, -0.1) is 24.8 Å². The number of halogens is 5. The number of para-hydroxylation sites is 1. The Morgan fingerprint density at radius 1 is 1.12 bits per heavy atom. The van der Waals surface area contributed by atoms with Gasteiger partial charge in [0.05, 0.1) is 5.56 Å². The quantitative estimate of drug-likeness (QED) is 0.792. The minimum atomic E-state index is -4.52. The molecule has 9 heteroatoms. The monoisotopic (exact) mass is 395 g/mol. The number of rotatable bonds is 5. The van der Waals surface area contributed by atoms with Gasteiger partial charge in [0.1, 0.15) is 5.69 Å². The number of benzene rings is 1. The SMILES string of the molecule is CCNCc1ccccc1NC(=O)c1ccc(C(F)(F)F)nc1.Cl.Cl. The average molecular weight is 396 g/mol. The topological polar surface area (TPSA) is 54.0 Å². The van der Waals surface area contributed by atoms with Crippen molar-refractivity contribution >= 4 is 36.4 Å². The summed E-state index contributed by atoms with van der Waals surface area (Å²) in [6.45, 7) is 3.33. The van der Waals surface area contributed by atoms with Crippen molar-refractivity contribution in [2.75, 3.05) is 11.9 Å². The number of aromatic nitrogens is 1. The highest BCUT2D eigenvalue weighted by molar-refractivity contribution is 6.04. The Morgan fingerprint density at radius 3 is 2.36 bits per heavy atom. The molecule has 0 saturated carbocycles. The smallest absolute Gasteiger partial charge is 0.322 e. The van der Waals surface area contributed by atoms with Crippen LogP contribution in [0.25, 0.3) is 0 Å². The van der Waals surface area contributed by atoms with E-state index in [4.69, 9.17) is 0 Å². The molecule has 0 radical (unpaired) electrons. The summed E-state index contributed by atoms with van der Waals surface area (Å²) in [6, 6.07) is 9.13. The molecular weight excluding hydrogens is 378 g/mol. The Hall–Kier alpha value is -1.83. The molecule has 138 valence electrons. The highest BCUT2D eigenvalue weighted by atomic mass is 35.5. The van der Waals surface area contributed by atoms with E-state index in [1.54, 1.807) is 12.1 Å². The third kappa shape index (κ3) is 6.53. The van der Waals surface area contributed by atoms with Gasteiger partial charge in [-0.1, -0.05) is 25.1 Å². The molecule has 0 aliphatic carbocycles. The number of nitrogens with one attached hydrogen (secondary N) is 2. The molecule has 0 unspecified atom stereocenters. The maximum atomic E-state index is 12.5. The fourth-order valence-electron chi connectivity index (χ4n) is 1.95. The molecule has 1 aromatic heterocycles. The minimum Gasteiger partial charge on any atom is -0.322 e. The second-order valence-electron chi connectivity index (χ2n) is 4.82. The van der Waals surface area contributed by atoms with Crippen LogP contribution in [0.2, 0.25) is 0 Å². The maximum Gasteiger partial charge on any atom is 0.433 e. The Kier molecular flexibility index (Phi) is 9.48. The molecule has 0 aliphatic heterocycles. The first-order valence-corrected chi connectivity index (χ1v) is 7.05. The molecule has 2 aromatic rings. The summed E-state index contributed by atoms with van der Waals surface area (Å²) in [5.74, 6) is -0.504. The number of alkyl halides is 3. The predicted molar refractivity (Wildman–Crippen MR) is 95.5 cm³/mol. The molecule has 25 heavy (non-hydrogen) atoms. The zero-order chi connectivity index (χ0) is 16.9. The van der Waals surface area contributed by atoms with E-state index in [-0.39, 0.29) is 30.4 Å². The van der Waals surface area contributed by atoms with Gasteiger partial charge in [0.2, 0.25) is 0 Å². The van der Waals surface area contributed by atoms with Gasteiger partial charge in [-0.25, -0.2) is 0 Å². The summed E-state index contributed by atoms with van der Waals surface area (Å²) < 4.78 is 37.4. The van der Waals surface area contributed by atoms with Gasteiger partial charge in [-0.05, 0) is 30.3 Å². The Morgan fingerprint density at radius 2 is 1.80 bits per heavy atom. The number of nitrogens with zero attached hydrogens (tertiary/aromatic N) is 1. The summed E-state index contributed by atoms with van der Waals surface area (Å²) in [5, 5.41) is 5.85. The second kappa shape index (κ2) is 10.2. The maximum absolute atomic E-state index is 12.5. The molecule has 1 amide bonds. The minimum absolute atomic E-state index is 0. The van der Waals surface area contributed by atoms with Crippen LogP contribution in [0, 0.1) is 0 Å². The van der Waals surface area contributed by atoms with Crippen LogP contribution in [0.1, 0.15) is 28.5 Å². The first kappa shape index (κ1) is 23.2. The number of amides is 1. The third-order valence-corrected chi connectivity index (χ3v) is 3.15. The second-order valence-corrected chi connectivity index (χ2v) is 4.82. The largest absolute Gasteiger partial charge is 0.433 e. The van der Waals surface area contributed by atoms with E-state index in [1.807, 2.05) is 19.1 Å². The summed E-state index contributed by atoms with van der Waals surface area (Å²) in [6.07, 6.45) is -3.60. The fourth-order valence-corrected chi connectivity index (χ4v) is 1.95. The molecule has 1 heterocycles. The van der Waals surface area contributed by atoms with Gasteiger partial charge in [-0.2, -0.15) is 13.2 Å². The van der Waals surface area contributed by atoms with Crippen LogP contribution in [0.4, 0.5) is 18.9 Å². The summed E-state index contributed by atoms with van der Waals surface area (Å²) in [4.78, 5) is 15.4. The molecule has 4 nitrogen and oxygen atoms in total. The molecule has 0 fully saturated rings. The molecule has 2 rings (SSSR count). The Bertz CT molecular complexity index is 679. The van der Waals surface area contributed by atoms with Crippen LogP contribution < -0.4 is 10.6 Å². The Labute approximate surface area is 156 Å². The van der Waals surface area contributed by atoms with Crippen LogP contribution in [0.15, 0.2) is 42.6 Å². The molecule has 0 spiro atoms. The van der Waals surface area contributed by atoms with E-state index in [0.717, 1.165) is 30.4 Å². The van der Waals surface area contributed by atoms with Gasteiger partial charge in [0.15, 0.2) is 0 Å². The van der Waals surface area contributed by atoms with Crippen LogP contribution in [0.3, 0.4) is 0 Å². The zero-order valence-corrected chi connectivity index (χ0v) is 14.9. The average Bonchev–Trinajstić information content (AvgIpc) is 2.53. The number of anilines is 1. The van der Waals surface area contributed by atoms with Crippen LogP contribution in [-0.4, -0.2) is 17.4 Å². The number of carbonyl (C=O) groups is 1. The lowest BCUT2D eigenvalue weighted by atomic mass is 10.1. The van der Waals surface area contributed by atoms with Gasteiger partial charge < -0.3 is 10.6 Å². The van der Waals surface area contributed by atoms with E-state index in [0.29, 0.717) is 12.2 Å². The van der Waals surface area contributed by atoms with Crippen molar-refractivity contribution in [2.45, 2.75) is 19.6 Å². The van der Waals surface area contributed by atoms with Gasteiger partial charge in [0, 0.05) is 18.4 Å².